The molecule has 1 aliphatic rings. The first-order valence-corrected chi connectivity index (χ1v) is 8.68. The molecule has 0 radical (unpaired) electrons. The third-order valence-corrected chi connectivity index (χ3v) is 4.42. The van der Waals surface area contributed by atoms with Gasteiger partial charge in [0.15, 0.2) is 0 Å². The number of carbonyl (C=O) groups excluding carboxylic acids is 1. The van der Waals surface area contributed by atoms with Gasteiger partial charge in [0.2, 0.25) is 11.7 Å². The monoisotopic (exact) mass is 372 g/mol. The molecule has 3 aromatic rings. The lowest BCUT2D eigenvalue weighted by Gasteiger charge is -2.23. The van der Waals surface area contributed by atoms with Crippen molar-refractivity contribution in [3.8, 4) is 11.4 Å². The van der Waals surface area contributed by atoms with Crippen molar-refractivity contribution in [2.24, 2.45) is 0 Å². The normalized spacial score (nSPS) is 16.3. The van der Waals surface area contributed by atoms with Gasteiger partial charge in [0.1, 0.15) is 18.2 Å². The molecule has 4 rings (SSSR count). The van der Waals surface area contributed by atoms with E-state index in [0.29, 0.717) is 17.4 Å². The fourth-order valence-electron chi connectivity index (χ4n) is 2.98. The molecule has 10 heteroatoms. The Balaban J connectivity index is 1.36. The highest BCUT2D eigenvalue weighted by molar-refractivity contribution is 6.30. The van der Waals surface area contributed by atoms with Gasteiger partial charge < -0.3 is 5.32 Å². The van der Waals surface area contributed by atoms with Gasteiger partial charge in [-0.05, 0) is 42.8 Å². The SMILES string of the molecule is Cc1nc2n(n1)CC(NC(=O)Cn1nnc(-c3ccc(Cl)cc3)n1)CC2. The Morgan fingerprint density at radius 1 is 1.31 bits per heavy atom. The van der Waals surface area contributed by atoms with Crippen LogP contribution in [0.1, 0.15) is 18.1 Å². The second-order valence-electron chi connectivity index (χ2n) is 6.21. The van der Waals surface area contributed by atoms with Gasteiger partial charge in [0.25, 0.3) is 0 Å². The van der Waals surface area contributed by atoms with Crippen molar-refractivity contribution in [1.82, 2.24) is 40.3 Å². The van der Waals surface area contributed by atoms with Gasteiger partial charge in [-0.25, -0.2) is 9.67 Å². The maximum absolute atomic E-state index is 12.3. The Morgan fingerprint density at radius 2 is 2.12 bits per heavy atom. The summed E-state index contributed by atoms with van der Waals surface area (Å²) in [6.45, 7) is 2.51. The van der Waals surface area contributed by atoms with E-state index >= 15 is 0 Å². The fourth-order valence-corrected chi connectivity index (χ4v) is 3.10. The maximum atomic E-state index is 12.3. The van der Waals surface area contributed by atoms with E-state index in [2.05, 4.69) is 30.8 Å². The van der Waals surface area contributed by atoms with Crippen molar-refractivity contribution in [2.75, 3.05) is 0 Å². The summed E-state index contributed by atoms with van der Waals surface area (Å²) in [6, 6.07) is 7.16. The minimum atomic E-state index is -0.157. The number of aromatic nitrogens is 7. The number of nitrogens with zero attached hydrogens (tertiary/aromatic N) is 7. The van der Waals surface area contributed by atoms with E-state index in [1.807, 2.05) is 23.7 Å². The van der Waals surface area contributed by atoms with Crippen LogP contribution in [0.15, 0.2) is 24.3 Å². The highest BCUT2D eigenvalue weighted by Gasteiger charge is 2.22. The molecule has 0 bridgehead atoms. The van der Waals surface area contributed by atoms with E-state index in [9.17, 15) is 4.79 Å². The Labute approximate surface area is 154 Å². The van der Waals surface area contributed by atoms with Crippen LogP contribution in [0, 0.1) is 6.92 Å². The molecule has 1 atom stereocenters. The van der Waals surface area contributed by atoms with Crippen LogP contribution in [-0.2, 0) is 24.3 Å². The van der Waals surface area contributed by atoms with Crippen LogP contribution in [-0.4, -0.2) is 46.9 Å². The van der Waals surface area contributed by atoms with Crippen LogP contribution in [0.25, 0.3) is 11.4 Å². The highest BCUT2D eigenvalue weighted by Crippen LogP contribution is 2.17. The molecule has 1 aliphatic heterocycles. The summed E-state index contributed by atoms with van der Waals surface area (Å²) in [6.07, 6.45) is 1.64. The Bertz CT molecular complexity index is 932. The molecule has 0 aliphatic carbocycles. The molecule has 2 aromatic heterocycles. The molecular formula is C16H17ClN8O. The number of nitrogens with one attached hydrogen (secondary N) is 1. The molecule has 0 saturated heterocycles. The number of carbonyl (C=O) groups is 1. The summed E-state index contributed by atoms with van der Waals surface area (Å²) in [5, 5.41) is 20.2. The van der Waals surface area contributed by atoms with Gasteiger partial charge in [0.05, 0.1) is 6.54 Å². The topological polar surface area (TPSA) is 103 Å². The van der Waals surface area contributed by atoms with Crippen molar-refractivity contribution in [3.05, 3.63) is 40.9 Å². The maximum Gasteiger partial charge on any atom is 0.243 e. The summed E-state index contributed by atoms with van der Waals surface area (Å²) < 4.78 is 1.86. The number of rotatable bonds is 4. The number of aryl methyl sites for hydroxylation is 2. The van der Waals surface area contributed by atoms with Crippen LogP contribution in [0.5, 0.6) is 0 Å². The minimum absolute atomic E-state index is 0.0142. The van der Waals surface area contributed by atoms with Crippen molar-refractivity contribution >= 4 is 17.5 Å². The molecule has 9 nitrogen and oxygen atoms in total. The molecule has 1 N–H and O–H groups in total. The van der Waals surface area contributed by atoms with E-state index in [1.165, 1.54) is 4.80 Å². The molecule has 0 spiro atoms. The number of hydrogen-bond acceptors (Lipinski definition) is 6. The van der Waals surface area contributed by atoms with Gasteiger partial charge in [-0.3, -0.25) is 4.79 Å². The van der Waals surface area contributed by atoms with E-state index < -0.39 is 0 Å². The highest BCUT2D eigenvalue weighted by atomic mass is 35.5. The zero-order chi connectivity index (χ0) is 18.1. The van der Waals surface area contributed by atoms with E-state index in [4.69, 9.17) is 11.6 Å². The van der Waals surface area contributed by atoms with E-state index in [-0.39, 0.29) is 18.5 Å². The van der Waals surface area contributed by atoms with Crippen molar-refractivity contribution < 1.29 is 4.79 Å². The smallest absolute Gasteiger partial charge is 0.243 e. The van der Waals surface area contributed by atoms with Crippen molar-refractivity contribution in [2.45, 2.75) is 38.9 Å². The van der Waals surface area contributed by atoms with Crippen molar-refractivity contribution in [1.29, 1.82) is 0 Å². The van der Waals surface area contributed by atoms with Crippen LogP contribution < -0.4 is 5.32 Å². The number of fused-ring (bicyclic) bond motifs is 1. The number of amides is 1. The zero-order valence-electron chi connectivity index (χ0n) is 14.1. The summed E-state index contributed by atoms with van der Waals surface area (Å²) >= 11 is 5.87. The van der Waals surface area contributed by atoms with E-state index in [0.717, 1.165) is 30.1 Å². The van der Waals surface area contributed by atoms with Crippen LogP contribution >= 0.6 is 11.6 Å². The number of hydrogen-bond donors (Lipinski definition) is 1. The molecule has 0 fully saturated rings. The van der Waals surface area contributed by atoms with Gasteiger partial charge in [0, 0.05) is 23.0 Å². The molecule has 134 valence electrons. The number of tetrazole rings is 1. The lowest BCUT2D eigenvalue weighted by molar-refractivity contribution is -0.123. The summed E-state index contributed by atoms with van der Waals surface area (Å²) in [4.78, 5) is 17.9. The molecular weight excluding hydrogens is 356 g/mol. The molecule has 0 saturated carbocycles. The van der Waals surface area contributed by atoms with Gasteiger partial charge in [-0.1, -0.05) is 11.6 Å². The van der Waals surface area contributed by atoms with Gasteiger partial charge in [-0.2, -0.15) is 9.90 Å². The fraction of sp³-hybridized carbons (Fsp3) is 0.375. The largest absolute Gasteiger partial charge is 0.350 e. The first-order chi connectivity index (χ1) is 12.6. The summed E-state index contributed by atoms with van der Waals surface area (Å²) in [5.74, 6) is 2.03. The lowest BCUT2D eigenvalue weighted by Crippen LogP contribution is -2.42. The third kappa shape index (κ3) is 3.57. The second kappa shape index (κ2) is 6.83. The average molecular weight is 373 g/mol. The summed E-state index contributed by atoms with van der Waals surface area (Å²) in [7, 11) is 0. The Morgan fingerprint density at radius 3 is 2.92 bits per heavy atom. The number of benzene rings is 1. The molecule has 1 unspecified atom stereocenters. The van der Waals surface area contributed by atoms with Crippen molar-refractivity contribution in [3.63, 3.8) is 0 Å². The quantitative estimate of drug-likeness (QED) is 0.733. The Kier molecular flexibility index (Phi) is 4.37. The first-order valence-electron chi connectivity index (χ1n) is 8.30. The second-order valence-corrected chi connectivity index (χ2v) is 6.65. The third-order valence-electron chi connectivity index (χ3n) is 4.17. The molecule has 1 amide bonds. The van der Waals surface area contributed by atoms with Crippen LogP contribution in [0.4, 0.5) is 0 Å². The Hall–Kier alpha value is -2.81. The molecule has 1 aromatic carbocycles. The van der Waals surface area contributed by atoms with Crippen LogP contribution in [0.3, 0.4) is 0 Å². The van der Waals surface area contributed by atoms with Crippen LogP contribution in [0.2, 0.25) is 5.02 Å². The molecule has 26 heavy (non-hydrogen) atoms. The van der Waals surface area contributed by atoms with E-state index in [1.54, 1.807) is 12.1 Å². The number of halogens is 1. The summed E-state index contributed by atoms with van der Waals surface area (Å²) in [5.41, 5.74) is 0.794. The predicted octanol–water partition coefficient (Wildman–Crippen LogP) is 1.02. The molecule has 3 heterocycles. The minimum Gasteiger partial charge on any atom is -0.350 e. The standard InChI is InChI=1S/C16H17ClN8O/c1-10-18-14-7-6-13(8-24(14)21-10)19-15(26)9-25-22-16(20-23-25)11-2-4-12(17)5-3-11/h2-5,13H,6-9H2,1H3,(H,19,26). The lowest BCUT2D eigenvalue weighted by atomic mass is 10.1. The zero-order valence-corrected chi connectivity index (χ0v) is 14.9. The average Bonchev–Trinajstić information content (AvgIpc) is 3.20. The van der Waals surface area contributed by atoms with Gasteiger partial charge >= 0.3 is 0 Å². The van der Waals surface area contributed by atoms with Gasteiger partial charge in [-0.15, -0.1) is 10.2 Å². The predicted molar refractivity (Wildman–Crippen MR) is 93.3 cm³/mol. The first kappa shape index (κ1) is 16.6.